The second-order valence-corrected chi connectivity index (χ2v) is 8.13. The van der Waals surface area contributed by atoms with E-state index in [-0.39, 0.29) is 44.1 Å². The Labute approximate surface area is 185 Å². The molecule has 4 N–H and O–H groups in total. The van der Waals surface area contributed by atoms with Crippen LogP contribution in [-0.2, 0) is 16.1 Å². The van der Waals surface area contributed by atoms with Crippen LogP contribution in [0, 0.1) is 5.92 Å². The summed E-state index contributed by atoms with van der Waals surface area (Å²) in [5, 5.41) is 5.24. The number of nitrogens with one attached hydrogen (secondary N) is 2. The Morgan fingerprint density at radius 3 is 2.56 bits per heavy atom. The molecule has 32 heavy (non-hydrogen) atoms. The highest BCUT2D eigenvalue weighted by molar-refractivity contribution is 5.96. The Bertz CT molecular complexity index is 914. The lowest BCUT2D eigenvalue weighted by molar-refractivity contribution is -0.121. The Kier molecular flexibility index (Phi) is 7.74. The van der Waals surface area contributed by atoms with E-state index in [0.717, 1.165) is 11.1 Å². The molecule has 1 aliphatic carbocycles. The summed E-state index contributed by atoms with van der Waals surface area (Å²) < 4.78 is 32.5. The molecule has 2 atom stereocenters. The van der Waals surface area contributed by atoms with Gasteiger partial charge in [-0.2, -0.15) is 0 Å². The van der Waals surface area contributed by atoms with Gasteiger partial charge in [-0.1, -0.05) is 30.3 Å². The molecule has 0 aliphatic heterocycles. The molecule has 1 heterocycles. The molecule has 9 heteroatoms. The van der Waals surface area contributed by atoms with Gasteiger partial charge in [-0.15, -0.1) is 0 Å². The zero-order valence-electron chi connectivity index (χ0n) is 17.9. The van der Waals surface area contributed by atoms with Gasteiger partial charge in [0.1, 0.15) is 18.5 Å². The number of ether oxygens (including phenoxy) is 1. The Morgan fingerprint density at radius 2 is 1.91 bits per heavy atom. The van der Waals surface area contributed by atoms with Gasteiger partial charge in [-0.05, 0) is 48.9 Å². The maximum atomic E-state index is 13.6. The van der Waals surface area contributed by atoms with E-state index in [1.165, 1.54) is 6.20 Å². The number of carbonyl (C=O) groups is 2. The number of halogens is 2. The second-order valence-electron chi connectivity index (χ2n) is 8.13. The van der Waals surface area contributed by atoms with Gasteiger partial charge in [0.2, 0.25) is 11.8 Å². The van der Waals surface area contributed by atoms with Gasteiger partial charge in [-0.3, -0.25) is 4.79 Å². The smallest absolute Gasteiger partial charge is 0.408 e. The van der Waals surface area contributed by atoms with Crippen LogP contribution in [0.25, 0.3) is 0 Å². The number of anilines is 1. The zero-order valence-corrected chi connectivity index (χ0v) is 17.9. The number of alkyl carbamates (subject to hydrolysis) is 1. The SMILES string of the molecule is C[C@@H](N)c1ccnc(NC(=O)[C@@H](NC(=O)OCc2ccccc2)C2CCC(F)(F)CC2)c1. The first-order chi connectivity index (χ1) is 15.2. The maximum Gasteiger partial charge on any atom is 0.408 e. The van der Waals surface area contributed by atoms with E-state index in [2.05, 4.69) is 15.6 Å². The van der Waals surface area contributed by atoms with Crippen LogP contribution < -0.4 is 16.4 Å². The fourth-order valence-electron chi connectivity index (χ4n) is 3.69. The van der Waals surface area contributed by atoms with E-state index in [9.17, 15) is 18.4 Å². The van der Waals surface area contributed by atoms with Crippen molar-refractivity contribution >= 4 is 17.8 Å². The van der Waals surface area contributed by atoms with E-state index in [1.54, 1.807) is 31.2 Å². The first kappa shape index (κ1) is 23.6. The quantitative estimate of drug-likeness (QED) is 0.592. The lowest BCUT2D eigenvalue weighted by atomic mass is 9.81. The minimum Gasteiger partial charge on any atom is -0.445 e. The van der Waals surface area contributed by atoms with Crippen LogP contribution in [0.3, 0.4) is 0 Å². The summed E-state index contributed by atoms with van der Waals surface area (Å²) in [5.74, 6) is -3.46. The molecule has 172 valence electrons. The average Bonchev–Trinajstić information content (AvgIpc) is 2.77. The van der Waals surface area contributed by atoms with Crippen LogP contribution in [0.4, 0.5) is 19.4 Å². The Hall–Kier alpha value is -3.07. The molecule has 3 rings (SSSR count). The van der Waals surface area contributed by atoms with E-state index in [4.69, 9.17) is 10.5 Å². The molecule has 0 saturated heterocycles. The number of hydrogen-bond donors (Lipinski definition) is 3. The molecule has 2 aromatic rings. The molecule has 7 nitrogen and oxygen atoms in total. The Balaban J connectivity index is 1.69. The van der Waals surface area contributed by atoms with Crippen molar-refractivity contribution < 1.29 is 23.1 Å². The third-order valence-electron chi connectivity index (χ3n) is 5.56. The van der Waals surface area contributed by atoms with Crippen LogP contribution >= 0.6 is 0 Å². The van der Waals surface area contributed by atoms with Gasteiger partial charge in [0.15, 0.2) is 0 Å². The number of rotatable bonds is 7. The summed E-state index contributed by atoms with van der Waals surface area (Å²) in [6.07, 6.45) is 0.283. The van der Waals surface area contributed by atoms with Crippen molar-refractivity contribution in [1.82, 2.24) is 10.3 Å². The summed E-state index contributed by atoms with van der Waals surface area (Å²) in [6, 6.07) is 11.2. The largest absolute Gasteiger partial charge is 0.445 e. The van der Waals surface area contributed by atoms with Crippen molar-refractivity contribution in [2.45, 2.75) is 57.2 Å². The van der Waals surface area contributed by atoms with Crippen LogP contribution in [0.1, 0.15) is 49.8 Å². The second kappa shape index (κ2) is 10.5. The van der Waals surface area contributed by atoms with Crippen molar-refractivity contribution in [3.63, 3.8) is 0 Å². The maximum absolute atomic E-state index is 13.6. The standard InChI is InChI=1S/C23H28F2N4O3/c1-15(26)18-9-12-27-19(13-18)28-21(30)20(17-7-10-23(24,25)11-8-17)29-22(31)32-14-16-5-3-2-4-6-16/h2-6,9,12-13,15,17,20H,7-8,10-11,14,26H2,1H3,(H,29,31)(H,27,28,30)/t15-,20+/m1/s1. The van der Waals surface area contributed by atoms with E-state index in [1.807, 2.05) is 18.2 Å². The molecule has 1 aromatic carbocycles. The van der Waals surface area contributed by atoms with Crippen LogP contribution in [-0.4, -0.2) is 28.9 Å². The van der Waals surface area contributed by atoms with E-state index < -0.39 is 29.9 Å². The van der Waals surface area contributed by atoms with Crippen LogP contribution in [0.2, 0.25) is 0 Å². The molecule has 0 radical (unpaired) electrons. The summed E-state index contributed by atoms with van der Waals surface area (Å²) in [5.41, 5.74) is 7.44. The monoisotopic (exact) mass is 446 g/mol. The fourth-order valence-corrected chi connectivity index (χ4v) is 3.69. The van der Waals surface area contributed by atoms with Crippen molar-refractivity contribution in [2.75, 3.05) is 5.32 Å². The Morgan fingerprint density at radius 1 is 1.22 bits per heavy atom. The molecule has 1 fully saturated rings. The summed E-state index contributed by atoms with van der Waals surface area (Å²) >= 11 is 0. The molecule has 0 spiro atoms. The first-order valence-corrected chi connectivity index (χ1v) is 10.6. The summed E-state index contributed by atoms with van der Waals surface area (Å²) in [4.78, 5) is 29.5. The van der Waals surface area contributed by atoms with Crippen molar-refractivity contribution in [3.05, 3.63) is 59.8 Å². The molecule has 1 aliphatic rings. The highest BCUT2D eigenvalue weighted by Gasteiger charge is 2.40. The summed E-state index contributed by atoms with van der Waals surface area (Å²) in [6.45, 7) is 1.83. The normalized spacial score (nSPS) is 17.8. The first-order valence-electron chi connectivity index (χ1n) is 10.6. The van der Waals surface area contributed by atoms with Gasteiger partial charge in [0, 0.05) is 25.1 Å². The molecular weight excluding hydrogens is 418 g/mol. The summed E-state index contributed by atoms with van der Waals surface area (Å²) in [7, 11) is 0. The number of pyridine rings is 1. The number of hydrogen-bond acceptors (Lipinski definition) is 5. The van der Waals surface area contributed by atoms with Crippen molar-refractivity contribution in [1.29, 1.82) is 0 Å². The van der Waals surface area contributed by atoms with E-state index in [0.29, 0.717) is 0 Å². The van der Waals surface area contributed by atoms with Crippen molar-refractivity contribution in [3.8, 4) is 0 Å². The molecular formula is C23H28F2N4O3. The number of nitrogens with two attached hydrogens (primary N) is 1. The van der Waals surface area contributed by atoms with Gasteiger partial charge in [0.05, 0.1) is 0 Å². The number of alkyl halides is 2. The van der Waals surface area contributed by atoms with Crippen LogP contribution in [0.15, 0.2) is 48.7 Å². The topological polar surface area (TPSA) is 106 Å². The third-order valence-corrected chi connectivity index (χ3v) is 5.56. The van der Waals surface area contributed by atoms with Gasteiger partial charge >= 0.3 is 6.09 Å². The molecule has 0 bridgehead atoms. The lowest BCUT2D eigenvalue weighted by Crippen LogP contribution is -2.50. The van der Waals surface area contributed by atoms with E-state index >= 15 is 0 Å². The molecule has 0 unspecified atom stereocenters. The van der Waals surface area contributed by atoms with Gasteiger partial charge in [0.25, 0.3) is 0 Å². The average molecular weight is 446 g/mol. The van der Waals surface area contributed by atoms with Gasteiger partial charge in [-0.25, -0.2) is 18.6 Å². The highest BCUT2D eigenvalue weighted by Crippen LogP contribution is 2.37. The molecule has 1 saturated carbocycles. The van der Waals surface area contributed by atoms with Gasteiger partial charge < -0.3 is 21.1 Å². The fraction of sp³-hybridized carbons (Fsp3) is 0.435. The minimum absolute atomic E-state index is 0.0295. The lowest BCUT2D eigenvalue weighted by Gasteiger charge is -2.33. The number of nitrogens with zero attached hydrogens (tertiary/aromatic N) is 1. The number of carbonyl (C=O) groups excluding carboxylic acids is 2. The predicted molar refractivity (Wildman–Crippen MR) is 116 cm³/mol. The minimum atomic E-state index is -2.75. The predicted octanol–water partition coefficient (Wildman–Crippen LogP) is 4.16. The zero-order chi connectivity index (χ0) is 23.1. The van der Waals surface area contributed by atoms with Crippen molar-refractivity contribution in [2.24, 2.45) is 11.7 Å². The number of amides is 2. The number of benzene rings is 1. The third kappa shape index (κ3) is 6.71. The van der Waals surface area contributed by atoms with Crippen LogP contribution in [0.5, 0.6) is 0 Å². The highest BCUT2D eigenvalue weighted by atomic mass is 19.3. The molecule has 1 aromatic heterocycles. The number of aromatic nitrogens is 1. The molecule has 2 amide bonds.